The number of hydrogen-bond acceptors (Lipinski definition) is 7. The number of esters is 1. The van der Waals surface area contributed by atoms with Crippen molar-refractivity contribution in [2.75, 3.05) is 19.0 Å². The fraction of sp³-hybridized carbons (Fsp3) is 0.346. The van der Waals surface area contributed by atoms with Crippen molar-refractivity contribution >= 4 is 11.7 Å². The molecule has 0 unspecified atom stereocenters. The van der Waals surface area contributed by atoms with Crippen LogP contribution in [-0.4, -0.2) is 36.3 Å². The number of ether oxygens (including phenoxy) is 3. The molecule has 0 radical (unpaired) electrons. The van der Waals surface area contributed by atoms with E-state index in [1.165, 1.54) is 7.11 Å². The molecule has 0 amide bonds. The number of benzene rings is 2. The van der Waals surface area contributed by atoms with E-state index in [4.69, 9.17) is 9.47 Å². The number of rotatable bonds is 8. The van der Waals surface area contributed by atoms with Gasteiger partial charge in [-0.2, -0.15) is 18.7 Å². The van der Waals surface area contributed by atoms with Crippen molar-refractivity contribution in [1.82, 2.24) is 9.97 Å². The molecule has 3 aromatic rings. The fourth-order valence-electron chi connectivity index (χ4n) is 4.39. The second-order valence-corrected chi connectivity index (χ2v) is 8.41. The van der Waals surface area contributed by atoms with Crippen LogP contribution in [0.5, 0.6) is 11.8 Å². The molecule has 0 saturated heterocycles. The molecule has 184 valence electrons. The SMILES string of the molecule is COC(=O)C[C@@H]1COc2cc(NCc3cccc(-c4c(C)nc(OC(F)F)nc4C)c3C)ccc21. The van der Waals surface area contributed by atoms with Gasteiger partial charge in [-0.05, 0) is 43.5 Å². The standard InChI is InChI=1S/C26H27F2N3O4/c1-14-17(6-5-7-20(14)24-15(2)30-26(31-16(24)3)35-25(27)28)12-29-19-8-9-21-18(10-23(32)33-4)13-34-22(21)11-19/h5-9,11,18,25,29H,10,12-13H2,1-4H3/t18-/m1/s1. The first-order valence-electron chi connectivity index (χ1n) is 11.2. The van der Waals surface area contributed by atoms with Crippen LogP contribution >= 0.6 is 0 Å². The first-order chi connectivity index (χ1) is 16.8. The lowest BCUT2D eigenvalue weighted by Gasteiger charge is -2.16. The summed E-state index contributed by atoms with van der Waals surface area (Å²) in [6, 6.07) is 11.5. The van der Waals surface area contributed by atoms with Crippen LogP contribution in [0, 0.1) is 20.8 Å². The minimum atomic E-state index is -2.97. The molecule has 1 atom stereocenters. The smallest absolute Gasteiger partial charge is 0.389 e. The van der Waals surface area contributed by atoms with Crippen molar-refractivity contribution in [1.29, 1.82) is 0 Å². The second-order valence-electron chi connectivity index (χ2n) is 8.41. The van der Waals surface area contributed by atoms with Gasteiger partial charge in [-0.1, -0.05) is 24.3 Å². The first kappa shape index (κ1) is 24.4. The monoisotopic (exact) mass is 483 g/mol. The maximum absolute atomic E-state index is 12.6. The Morgan fingerprint density at radius 3 is 2.60 bits per heavy atom. The van der Waals surface area contributed by atoms with Gasteiger partial charge in [-0.3, -0.25) is 4.79 Å². The largest absolute Gasteiger partial charge is 0.493 e. The molecule has 1 N–H and O–H groups in total. The third kappa shape index (κ3) is 5.34. The Balaban J connectivity index is 1.52. The number of methoxy groups -OCH3 is 1. The number of aromatic nitrogens is 2. The number of carbonyl (C=O) groups is 1. The number of anilines is 1. The van der Waals surface area contributed by atoms with Gasteiger partial charge in [0.05, 0.1) is 31.5 Å². The second kappa shape index (κ2) is 10.2. The predicted molar refractivity (Wildman–Crippen MR) is 127 cm³/mol. The van der Waals surface area contributed by atoms with E-state index in [1.807, 2.05) is 43.3 Å². The van der Waals surface area contributed by atoms with Crippen LogP contribution in [0.3, 0.4) is 0 Å². The molecule has 0 saturated carbocycles. The van der Waals surface area contributed by atoms with Crippen molar-refractivity contribution in [3.63, 3.8) is 0 Å². The summed E-state index contributed by atoms with van der Waals surface area (Å²) in [4.78, 5) is 19.8. The number of nitrogens with zero attached hydrogens (tertiary/aromatic N) is 2. The lowest BCUT2D eigenvalue weighted by atomic mass is 9.94. The predicted octanol–water partition coefficient (Wildman–Crippen LogP) is 5.32. The van der Waals surface area contributed by atoms with Crippen LogP contribution in [0.25, 0.3) is 11.1 Å². The number of alkyl halides is 2. The van der Waals surface area contributed by atoms with Crippen molar-refractivity contribution in [2.24, 2.45) is 0 Å². The molecule has 0 fully saturated rings. The third-order valence-electron chi connectivity index (χ3n) is 6.18. The molecule has 35 heavy (non-hydrogen) atoms. The minimum Gasteiger partial charge on any atom is -0.493 e. The van der Waals surface area contributed by atoms with Crippen LogP contribution in [0.1, 0.15) is 40.4 Å². The molecule has 0 spiro atoms. The summed E-state index contributed by atoms with van der Waals surface area (Å²) in [6.07, 6.45) is 0.292. The van der Waals surface area contributed by atoms with Gasteiger partial charge < -0.3 is 19.5 Å². The van der Waals surface area contributed by atoms with Crippen molar-refractivity contribution in [2.45, 2.75) is 46.3 Å². The summed E-state index contributed by atoms with van der Waals surface area (Å²) in [7, 11) is 1.38. The Kier molecular flexibility index (Phi) is 7.14. The molecular formula is C26H27F2N3O4. The van der Waals surface area contributed by atoms with E-state index in [9.17, 15) is 13.6 Å². The average Bonchev–Trinajstić information content (AvgIpc) is 3.20. The van der Waals surface area contributed by atoms with Crippen molar-refractivity contribution in [3.05, 3.63) is 64.5 Å². The summed E-state index contributed by atoms with van der Waals surface area (Å²) in [5, 5.41) is 3.43. The summed E-state index contributed by atoms with van der Waals surface area (Å²) < 4.78 is 40.1. The molecule has 7 nitrogen and oxygen atoms in total. The van der Waals surface area contributed by atoms with Crippen molar-refractivity contribution in [3.8, 4) is 22.9 Å². The van der Waals surface area contributed by atoms with Gasteiger partial charge >= 0.3 is 18.6 Å². The maximum Gasteiger partial charge on any atom is 0.389 e. The zero-order chi connectivity index (χ0) is 25.1. The molecular weight excluding hydrogens is 456 g/mol. The molecule has 2 heterocycles. The summed E-state index contributed by atoms with van der Waals surface area (Å²) in [5.41, 5.74) is 6.88. The van der Waals surface area contributed by atoms with E-state index < -0.39 is 6.61 Å². The Morgan fingerprint density at radius 2 is 1.91 bits per heavy atom. The van der Waals surface area contributed by atoms with E-state index in [2.05, 4.69) is 20.0 Å². The Hall–Kier alpha value is -3.75. The third-order valence-corrected chi connectivity index (χ3v) is 6.18. The van der Waals surface area contributed by atoms with Gasteiger partial charge in [0.25, 0.3) is 0 Å². The molecule has 9 heteroatoms. The quantitative estimate of drug-likeness (QED) is 0.434. The van der Waals surface area contributed by atoms with E-state index in [1.54, 1.807) is 13.8 Å². The minimum absolute atomic E-state index is 0.00314. The van der Waals surface area contributed by atoms with E-state index in [-0.39, 0.29) is 17.9 Å². The highest BCUT2D eigenvalue weighted by Gasteiger charge is 2.27. The number of fused-ring (bicyclic) bond motifs is 1. The number of carbonyl (C=O) groups excluding carboxylic acids is 1. The van der Waals surface area contributed by atoms with Crippen LogP contribution in [0.15, 0.2) is 36.4 Å². The average molecular weight is 484 g/mol. The highest BCUT2D eigenvalue weighted by molar-refractivity contribution is 5.73. The molecule has 1 aliphatic rings. The summed E-state index contributed by atoms with van der Waals surface area (Å²) in [6.45, 7) is 3.57. The normalized spacial score (nSPS) is 14.4. The number of aryl methyl sites for hydroxylation is 2. The van der Waals surface area contributed by atoms with Gasteiger partial charge in [0.2, 0.25) is 0 Å². The Morgan fingerprint density at radius 1 is 1.17 bits per heavy atom. The Labute approximate surface area is 202 Å². The molecule has 0 aliphatic carbocycles. The lowest BCUT2D eigenvalue weighted by molar-refractivity contribution is -0.141. The number of halogens is 2. The highest BCUT2D eigenvalue weighted by Crippen LogP contribution is 2.38. The van der Waals surface area contributed by atoms with Gasteiger partial charge in [0.15, 0.2) is 0 Å². The zero-order valence-corrected chi connectivity index (χ0v) is 20.0. The van der Waals surface area contributed by atoms with Crippen LogP contribution < -0.4 is 14.8 Å². The lowest BCUT2D eigenvalue weighted by Crippen LogP contribution is -2.09. The first-order valence-corrected chi connectivity index (χ1v) is 11.2. The molecule has 0 bridgehead atoms. The number of nitrogens with one attached hydrogen (secondary N) is 1. The van der Waals surface area contributed by atoms with Gasteiger partial charge in [0.1, 0.15) is 5.75 Å². The van der Waals surface area contributed by atoms with E-state index in [0.717, 1.165) is 39.3 Å². The number of hydrogen-bond donors (Lipinski definition) is 1. The van der Waals surface area contributed by atoms with Crippen LogP contribution in [0.4, 0.5) is 14.5 Å². The summed E-state index contributed by atoms with van der Waals surface area (Å²) in [5.74, 6) is 0.511. The molecule has 1 aliphatic heterocycles. The van der Waals surface area contributed by atoms with Crippen molar-refractivity contribution < 1.29 is 27.8 Å². The zero-order valence-electron chi connectivity index (χ0n) is 20.0. The van der Waals surface area contributed by atoms with E-state index >= 15 is 0 Å². The summed E-state index contributed by atoms with van der Waals surface area (Å²) >= 11 is 0. The molecule has 1 aromatic heterocycles. The van der Waals surface area contributed by atoms with Gasteiger partial charge in [-0.15, -0.1) is 0 Å². The Bertz CT molecular complexity index is 1230. The molecule has 4 rings (SSSR count). The van der Waals surface area contributed by atoms with Crippen LogP contribution in [-0.2, 0) is 16.1 Å². The van der Waals surface area contributed by atoms with Gasteiger partial charge in [-0.25, -0.2) is 0 Å². The molecule has 2 aromatic carbocycles. The highest BCUT2D eigenvalue weighted by atomic mass is 19.3. The van der Waals surface area contributed by atoms with Crippen LogP contribution in [0.2, 0.25) is 0 Å². The maximum atomic E-state index is 12.6. The van der Waals surface area contributed by atoms with Gasteiger partial charge in [0, 0.05) is 35.3 Å². The fourth-order valence-corrected chi connectivity index (χ4v) is 4.39. The van der Waals surface area contributed by atoms with E-state index in [0.29, 0.717) is 31.0 Å². The topological polar surface area (TPSA) is 82.6 Å².